The number of amides is 1. The monoisotopic (exact) mass is 488 g/mol. The average Bonchev–Trinajstić information content (AvgIpc) is 2.80. The fourth-order valence-corrected chi connectivity index (χ4v) is 4.24. The maximum absolute atomic E-state index is 13.5. The SMILES string of the molecule is CNC(=O)c1ccccc1C(=O)c1cn(Cc2cccc(Br)c2)c2ccc(C)cc2c1=O. The molecule has 0 saturated carbocycles. The first-order chi connectivity index (χ1) is 15.4. The van der Waals surface area contributed by atoms with Gasteiger partial charge in [0, 0.05) is 35.2 Å². The van der Waals surface area contributed by atoms with Crippen molar-refractivity contribution in [3.05, 3.63) is 115 Å². The van der Waals surface area contributed by atoms with E-state index < -0.39 is 5.78 Å². The van der Waals surface area contributed by atoms with E-state index in [-0.39, 0.29) is 28.0 Å². The summed E-state index contributed by atoms with van der Waals surface area (Å²) in [7, 11) is 1.51. The van der Waals surface area contributed by atoms with Gasteiger partial charge >= 0.3 is 0 Å². The van der Waals surface area contributed by atoms with Crippen LogP contribution in [0.2, 0.25) is 0 Å². The van der Waals surface area contributed by atoms with E-state index >= 15 is 0 Å². The molecule has 0 aliphatic carbocycles. The predicted molar refractivity (Wildman–Crippen MR) is 129 cm³/mol. The maximum Gasteiger partial charge on any atom is 0.251 e. The van der Waals surface area contributed by atoms with Crippen LogP contribution < -0.4 is 10.7 Å². The summed E-state index contributed by atoms with van der Waals surface area (Å²) in [6.07, 6.45) is 1.60. The molecule has 0 spiro atoms. The molecule has 0 bridgehead atoms. The van der Waals surface area contributed by atoms with Crippen LogP contribution in [-0.2, 0) is 6.54 Å². The summed E-state index contributed by atoms with van der Waals surface area (Å²) in [5.41, 5.74) is 2.83. The highest BCUT2D eigenvalue weighted by Gasteiger charge is 2.22. The first kappa shape index (κ1) is 21.7. The lowest BCUT2D eigenvalue weighted by Crippen LogP contribution is -2.24. The molecule has 0 saturated heterocycles. The maximum atomic E-state index is 13.5. The number of aromatic nitrogens is 1. The van der Waals surface area contributed by atoms with E-state index in [2.05, 4.69) is 21.2 Å². The predicted octanol–water partition coefficient (Wildman–Crippen LogP) is 4.71. The highest BCUT2D eigenvalue weighted by molar-refractivity contribution is 9.10. The van der Waals surface area contributed by atoms with E-state index in [0.717, 1.165) is 21.1 Å². The Hall–Kier alpha value is -3.51. The van der Waals surface area contributed by atoms with Gasteiger partial charge in [0.05, 0.1) is 16.6 Å². The molecule has 0 atom stereocenters. The highest BCUT2D eigenvalue weighted by Crippen LogP contribution is 2.20. The van der Waals surface area contributed by atoms with Crippen molar-refractivity contribution in [3.63, 3.8) is 0 Å². The van der Waals surface area contributed by atoms with Crippen LogP contribution >= 0.6 is 15.9 Å². The topological polar surface area (TPSA) is 68.2 Å². The van der Waals surface area contributed by atoms with Gasteiger partial charge in [-0.3, -0.25) is 14.4 Å². The largest absolute Gasteiger partial charge is 0.355 e. The second-order valence-corrected chi connectivity index (χ2v) is 8.52. The normalized spacial score (nSPS) is 10.8. The van der Waals surface area contributed by atoms with Crippen molar-refractivity contribution >= 4 is 38.5 Å². The van der Waals surface area contributed by atoms with Gasteiger partial charge in [-0.15, -0.1) is 0 Å². The average molecular weight is 489 g/mol. The number of nitrogens with zero attached hydrogens (tertiary/aromatic N) is 1. The van der Waals surface area contributed by atoms with Gasteiger partial charge < -0.3 is 9.88 Å². The Balaban J connectivity index is 1.93. The first-order valence-electron chi connectivity index (χ1n) is 10.1. The molecule has 1 heterocycles. The van der Waals surface area contributed by atoms with E-state index in [4.69, 9.17) is 0 Å². The zero-order valence-electron chi connectivity index (χ0n) is 17.7. The smallest absolute Gasteiger partial charge is 0.251 e. The van der Waals surface area contributed by atoms with Crippen molar-refractivity contribution in [1.82, 2.24) is 9.88 Å². The molecule has 1 aromatic heterocycles. The Kier molecular flexibility index (Phi) is 6.06. The fraction of sp³-hybridized carbons (Fsp3) is 0.115. The standard InChI is InChI=1S/C26H21BrN2O3/c1-16-10-11-23-21(12-16)25(31)22(15-29(23)14-17-6-5-7-18(27)13-17)24(30)19-8-3-4-9-20(19)26(32)28-2/h3-13,15H,14H2,1-2H3,(H,28,32). The van der Waals surface area contributed by atoms with Crippen LogP contribution in [0.5, 0.6) is 0 Å². The Labute approximate surface area is 193 Å². The summed E-state index contributed by atoms with van der Waals surface area (Å²) in [6.45, 7) is 2.39. The van der Waals surface area contributed by atoms with E-state index in [9.17, 15) is 14.4 Å². The molecule has 0 fully saturated rings. The van der Waals surface area contributed by atoms with Crippen molar-refractivity contribution in [2.75, 3.05) is 7.05 Å². The number of aryl methyl sites for hydroxylation is 1. The molecular weight excluding hydrogens is 468 g/mol. The first-order valence-corrected chi connectivity index (χ1v) is 10.9. The van der Waals surface area contributed by atoms with Crippen LogP contribution in [0.3, 0.4) is 0 Å². The van der Waals surface area contributed by atoms with Crippen LogP contribution in [0.25, 0.3) is 10.9 Å². The Morgan fingerprint density at radius 1 is 0.938 bits per heavy atom. The van der Waals surface area contributed by atoms with Gasteiger partial charge in [-0.05, 0) is 42.8 Å². The van der Waals surface area contributed by atoms with Gasteiger partial charge in [0.1, 0.15) is 0 Å². The summed E-state index contributed by atoms with van der Waals surface area (Å²) >= 11 is 3.49. The minimum atomic E-state index is -0.472. The number of ketones is 1. The molecule has 4 rings (SSSR count). The zero-order valence-corrected chi connectivity index (χ0v) is 19.3. The lowest BCUT2D eigenvalue weighted by Gasteiger charge is -2.15. The number of hydrogen-bond acceptors (Lipinski definition) is 3. The molecule has 0 unspecified atom stereocenters. The third kappa shape index (κ3) is 4.14. The van der Waals surface area contributed by atoms with Crippen molar-refractivity contribution in [1.29, 1.82) is 0 Å². The van der Waals surface area contributed by atoms with Crippen molar-refractivity contribution in [2.45, 2.75) is 13.5 Å². The van der Waals surface area contributed by atoms with E-state index in [1.165, 1.54) is 7.05 Å². The van der Waals surface area contributed by atoms with Crippen LogP contribution in [0.15, 0.2) is 82.2 Å². The summed E-state index contributed by atoms with van der Waals surface area (Å²) < 4.78 is 2.86. The second-order valence-electron chi connectivity index (χ2n) is 7.60. The number of carbonyl (C=O) groups excluding carboxylic acids is 2. The molecule has 32 heavy (non-hydrogen) atoms. The quantitative estimate of drug-likeness (QED) is 0.413. The van der Waals surface area contributed by atoms with Crippen LogP contribution in [0, 0.1) is 6.92 Å². The summed E-state index contributed by atoms with van der Waals surface area (Å²) in [6, 6.07) is 20.1. The van der Waals surface area contributed by atoms with E-state index in [0.29, 0.717) is 11.9 Å². The fourth-order valence-electron chi connectivity index (χ4n) is 3.79. The van der Waals surface area contributed by atoms with E-state index in [1.54, 1.807) is 36.5 Å². The van der Waals surface area contributed by atoms with Gasteiger partial charge in [-0.1, -0.05) is 57.9 Å². The Morgan fingerprint density at radius 3 is 2.41 bits per heavy atom. The van der Waals surface area contributed by atoms with Gasteiger partial charge in [0.15, 0.2) is 5.78 Å². The number of fused-ring (bicyclic) bond motifs is 1. The molecule has 4 aromatic rings. The summed E-state index contributed by atoms with van der Waals surface area (Å²) in [5, 5.41) is 3.03. The van der Waals surface area contributed by atoms with Gasteiger partial charge in [0.25, 0.3) is 5.91 Å². The molecule has 5 nitrogen and oxygen atoms in total. The lowest BCUT2D eigenvalue weighted by atomic mass is 9.97. The molecule has 6 heteroatoms. The van der Waals surface area contributed by atoms with Gasteiger partial charge in [0.2, 0.25) is 5.43 Å². The van der Waals surface area contributed by atoms with Gasteiger partial charge in [-0.2, -0.15) is 0 Å². The van der Waals surface area contributed by atoms with Crippen LogP contribution in [0.1, 0.15) is 37.4 Å². The lowest BCUT2D eigenvalue weighted by molar-refractivity contribution is 0.0950. The van der Waals surface area contributed by atoms with Crippen molar-refractivity contribution < 1.29 is 9.59 Å². The number of carbonyl (C=O) groups is 2. The number of hydrogen-bond donors (Lipinski definition) is 1. The molecule has 0 radical (unpaired) electrons. The van der Waals surface area contributed by atoms with Crippen LogP contribution in [0.4, 0.5) is 0 Å². The third-order valence-corrected chi connectivity index (χ3v) is 5.86. The van der Waals surface area contributed by atoms with E-state index in [1.807, 2.05) is 47.9 Å². The number of rotatable bonds is 5. The minimum Gasteiger partial charge on any atom is -0.355 e. The number of pyridine rings is 1. The molecule has 160 valence electrons. The summed E-state index contributed by atoms with van der Waals surface area (Å²) in [4.78, 5) is 39.2. The summed E-state index contributed by atoms with van der Waals surface area (Å²) in [5.74, 6) is -0.847. The Morgan fingerprint density at radius 2 is 1.69 bits per heavy atom. The molecular formula is C26H21BrN2O3. The second kappa shape index (κ2) is 8.93. The van der Waals surface area contributed by atoms with Crippen LogP contribution in [-0.4, -0.2) is 23.3 Å². The molecule has 3 aromatic carbocycles. The van der Waals surface area contributed by atoms with Crippen molar-refractivity contribution in [2.24, 2.45) is 0 Å². The molecule has 0 aliphatic heterocycles. The third-order valence-electron chi connectivity index (χ3n) is 5.37. The number of halogens is 1. The molecule has 1 amide bonds. The number of nitrogens with one attached hydrogen (secondary N) is 1. The molecule has 1 N–H and O–H groups in total. The molecule has 0 aliphatic rings. The number of benzene rings is 3. The highest BCUT2D eigenvalue weighted by atomic mass is 79.9. The Bertz CT molecular complexity index is 1420. The van der Waals surface area contributed by atoms with Gasteiger partial charge in [-0.25, -0.2) is 0 Å². The van der Waals surface area contributed by atoms with Crippen molar-refractivity contribution in [3.8, 4) is 0 Å². The minimum absolute atomic E-state index is 0.0365. The zero-order chi connectivity index (χ0) is 22.8.